The van der Waals surface area contributed by atoms with Gasteiger partial charge in [-0.15, -0.1) is 13.2 Å². The van der Waals surface area contributed by atoms with Gasteiger partial charge in [-0.25, -0.2) is 9.97 Å². The molecule has 0 amide bonds. The van der Waals surface area contributed by atoms with E-state index in [-0.39, 0.29) is 17.6 Å². The van der Waals surface area contributed by atoms with Crippen LogP contribution in [-0.2, 0) is 9.53 Å². The first kappa shape index (κ1) is 28.5. The topological polar surface area (TPSA) is 61.3 Å². The van der Waals surface area contributed by atoms with Gasteiger partial charge in [0.05, 0.1) is 5.69 Å². The minimum atomic E-state index is -4.75. The number of nitrogens with zero attached hydrogens (tertiary/aromatic N) is 2. The Hall–Kier alpha value is -2.73. The van der Waals surface area contributed by atoms with E-state index in [0.29, 0.717) is 41.4 Å². The molecule has 2 rings (SSSR count). The molecule has 1 unspecified atom stereocenters. The summed E-state index contributed by atoms with van der Waals surface area (Å²) in [5.41, 5.74) is 1.54. The molecule has 0 spiro atoms. The summed E-state index contributed by atoms with van der Waals surface area (Å²) in [5, 5.41) is 3.65. The molecule has 9 heteroatoms. The molecule has 0 radical (unpaired) electrons. The van der Waals surface area contributed by atoms with Crippen LogP contribution in [0.4, 0.5) is 13.2 Å². The van der Waals surface area contributed by atoms with E-state index in [1.807, 2.05) is 34.6 Å². The summed E-state index contributed by atoms with van der Waals surface area (Å²) in [4.78, 5) is 21.6. The lowest BCUT2D eigenvalue weighted by molar-refractivity contribution is -0.274. The zero-order valence-corrected chi connectivity index (χ0v) is 21.7. The molecule has 0 fully saturated rings. The Balaban J connectivity index is 2.32. The summed E-state index contributed by atoms with van der Waals surface area (Å²) in [5.74, 6) is 2.92. The molecule has 0 aliphatic rings. The van der Waals surface area contributed by atoms with E-state index in [4.69, 9.17) is 14.7 Å². The summed E-state index contributed by atoms with van der Waals surface area (Å²) in [6, 6.07) is 5.62. The number of esters is 1. The standard InChI is InChI=1S/C26H31F3N2O3S/c1-7-16-35-24-17(3)22(19-12-14-20(15-13-19)33-26(27,28)29)30-23(31-24)18(8-2)10-9-11-21(32)34-25(4,5)6/h12-15,18H,8-11H2,1-6H3. The fourth-order valence-corrected chi connectivity index (χ4v) is 3.98. The number of thioether (sulfide) groups is 1. The van der Waals surface area contributed by atoms with Crippen LogP contribution in [0.1, 0.15) is 77.6 Å². The van der Waals surface area contributed by atoms with Crippen molar-refractivity contribution in [1.29, 1.82) is 0 Å². The summed E-state index contributed by atoms with van der Waals surface area (Å²) in [7, 11) is 0. The normalized spacial score (nSPS) is 12.5. The van der Waals surface area contributed by atoms with Crippen LogP contribution in [0.5, 0.6) is 5.75 Å². The van der Waals surface area contributed by atoms with Gasteiger partial charge in [0.25, 0.3) is 0 Å². The van der Waals surface area contributed by atoms with Gasteiger partial charge in [-0.3, -0.25) is 4.79 Å². The van der Waals surface area contributed by atoms with Crippen molar-refractivity contribution in [2.75, 3.05) is 0 Å². The van der Waals surface area contributed by atoms with Gasteiger partial charge in [0, 0.05) is 23.5 Å². The Labute approximate surface area is 209 Å². The van der Waals surface area contributed by atoms with Crippen LogP contribution in [-0.4, -0.2) is 27.9 Å². The molecular weight excluding hydrogens is 477 g/mol. The monoisotopic (exact) mass is 508 g/mol. The fourth-order valence-electron chi connectivity index (χ4n) is 3.39. The van der Waals surface area contributed by atoms with Crippen molar-refractivity contribution >= 4 is 17.7 Å². The number of alkyl halides is 3. The lowest BCUT2D eigenvalue weighted by Gasteiger charge is -2.20. The molecule has 0 aliphatic carbocycles. The number of hydrogen-bond acceptors (Lipinski definition) is 6. The van der Waals surface area contributed by atoms with E-state index < -0.39 is 12.0 Å². The molecule has 1 atom stereocenters. The highest BCUT2D eigenvalue weighted by atomic mass is 32.2. The van der Waals surface area contributed by atoms with Crippen molar-refractivity contribution in [2.24, 2.45) is 0 Å². The average molecular weight is 509 g/mol. The van der Waals surface area contributed by atoms with Gasteiger partial charge in [0.2, 0.25) is 0 Å². The molecule has 2 aromatic rings. The zero-order valence-electron chi connectivity index (χ0n) is 20.9. The van der Waals surface area contributed by atoms with E-state index in [2.05, 4.69) is 15.9 Å². The Morgan fingerprint density at radius 2 is 1.80 bits per heavy atom. The van der Waals surface area contributed by atoms with Crippen LogP contribution in [0.25, 0.3) is 11.3 Å². The molecule has 190 valence electrons. The Morgan fingerprint density at radius 3 is 2.34 bits per heavy atom. The number of aromatic nitrogens is 2. The minimum absolute atomic E-state index is 0.00133. The molecule has 0 saturated heterocycles. The number of rotatable bonds is 9. The fraction of sp³-hybridized carbons (Fsp3) is 0.500. The first-order chi connectivity index (χ1) is 16.3. The van der Waals surface area contributed by atoms with Crippen LogP contribution >= 0.6 is 11.8 Å². The molecule has 0 aliphatic heterocycles. The third-order valence-electron chi connectivity index (χ3n) is 4.94. The number of carbonyl (C=O) groups is 1. The van der Waals surface area contributed by atoms with Crippen molar-refractivity contribution in [2.45, 2.75) is 90.1 Å². The minimum Gasteiger partial charge on any atom is -0.460 e. The summed E-state index contributed by atoms with van der Waals surface area (Å²) in [6.07, 6.45) is -2.37. The van der Waals surface area contributed by atoms with Crippen LogP contribution < -0.4 is 4.74 Å². The summed E-state index contributed by atoms with van der Waals surface area (Å²) < 4.78 is 46.9. The third kappa shape index (κ3) is 9.44. The molecule has 0 saturated carbocycles. The van der Waals surface area contributed by atoms with Gasteiger partial charge in [-0.05, 0) is 95.2 Å². The molecule has 1 aromatic carbocycles. The summed E-state index contributed by atoms with van der Waals surface area (Å²) in [6.45, 7) is 11.1. The highest BCUT2D eigenvalue weighted by Crippen LogP contribution is 2.33. The quantitative estimate of drug-likeness (QED) is 0.152. The molecule has 5 nitrogen and oxygen atoms in total. The zero-order chi connectivity index (χ0) is 26.2. The first-order valence-corrected chi connectivity index (χ1v) is 12.2. The number of halogens is 3. The predicted molar refractivity (Wildman–Crippen MR) is 131 cm³/mol. The summed E-state index contributed by atoms with van der Waals surface area (Å²) >= 11 is 1.28. The largest absolute Gasteiger partial charge is 0.573 e. The Morgan fingerprint density at radius 1 is 1.14 bits per heavy atom. The molecule has 1 heterocycles. The van der Waals surface area contributed by atoms with Crippen molar-refractivity contribution in [3.63, 3.8) is 0 Å². The second-order valence-corrected chi connectivity index (χ2v) is 9.77. The molecule has 1 aromatic heterocycles. The van der Waals surface area contributed by atoms with Crippen LogP contribution in [0.15, 0.2) is 29.3 Å². The maximum Gasteiger partial charge on any atom is 0.573 e. The van der Waals surface area contributed by atoms with Crippen LogP contribution in [0, 0.1) is 18.1 Å². The number of ether oxygens (including phenoxy) is 2. The second kappa shape index (κ2) is 12.3. The van der Waals surface area contributed by atoms with E-state index in [9.17, 15) is 18.0 Å². The molecule has 0 bridgehead atoms. The third-order valence-corrected chi connectivity index (χ3v) is 5.84. The molecular formula is C26H31F3N2O3S. The van der Waals surface area contributed by atoms with Crippen LogP contribution in [0.3, 0.4) is 0 Å². The smallest absolute Gasteiger partial charge is 0.460 e. The van der Waals surface area contributed by atoms with Gasteiger partial charge in [0.15, 0.2) is 0 Å². The van der Waals surface area contributed by atoms with Crippen molar-refractivity contribution in [3.8, 4) is 28.2 Å². The first-order valence-electron chi connectivity index (χ1n) is 11.4. The highest BCUT2D eigenvalue weighted by molar-refractivity contribution is 8.03. The van der Waals surface area contributed by atoms with Gasteiger partial charge < -0.3 is 9.47 Å². The Kier molecular flexibility index (Phi) is 10.0. The van der Waals surface area contributed by atoms with E-state index in [1.165, 1.54) is 23.9 Å². The van der Waals surface area contributed by atoms with Gasteiger partial charge in [-0.2, -0.15) is 0 Å². The van der Waals surface area contributed by atoms with Gasteiger partial charge >= 0.3 is 12.3 Å². The lowest BCUT2D eigenvalue weighted by atomic mass is 9.97. The van der Waals surface area contributed by atoms with Gasteiger partial charge in [-0.1, -0.05) is 12.8 Å². The number of benzene rings is 1. The maximum absolute atomic E-state index is 12.5. The number of hydrogen-bond donors (Lipinski definition) is 0. The molecule has 35 heavy (non-hydrogen) atoms. The van der Waals surface area contributed by atoms with Gasteiger partial charge in [0.1, 0.15) is 22.2 Å². The van der Waals surface area contributed by atoms with E-state index in [1.54, 1.807) is 19.1 Å². The predicted octanol–water partition coefficient (Wildman–Crippen LogP) is 7.43. The lowest BCUT2D eigenvalue weighted by Crippen LogP contribution is -2.23. The second-order valence-electron chi connectivity index (χ2n) is 8.97. The average Bonchev–Trinajstić information content (AvgIpc) is 2.74. The van der Waals surface area contributed by atoms with Crippen molar-refractivity contribution in [3.05, 3.63) is 35.7 Å². The van der Waals surface area contributed by atoms with E-state index >= 15 is 0 Å². The SMILES string of the molecule is CC#CSc1nc(C(CC)CCCC(=O)OC(C)(C)C)nc(-c2ccc(OC(F)(F)F)cc2)c1C. The van der Waals surface area contributed by atoms with Crippen LogP contribution in [0.2, 0.25) is 0 Å². The van der Waals surface area contributed by atoms with E-state index in [0.717, 1.165) is 12.0 Å². The highest BCUT2D eigenvalue weighted by Gasteiger charge is 2.31. The molecule has 0 N–H and O–H groups in total. The Bertz CT molecular complexity index is 1070. The maximum atomic E-state index is 12.5. The van der Waals surface area contributed by atoms with Crippen molar-refractivity contribution < 1.29 is 27.4 Å². The number of carbonyl (C=O) groups excluding carboxylic acids is 1. The van der Waals surface area contributed by atoms with Crippen molar-refractivity contribution in [1.82, 2.24) is 9.97 Å².